The molecule has 5 fully saturated rings. The Kier molecular flexibility index (Phi) is 3.80. The molecule has 5 rings (SSSR count). The zero-order valence-electron chi connectivity index (χ0n) is 14.2. The van der Waals surface area contributed by atoms with Gasteiger partial charge < -0.3 is 9.47 Å². The van der Waals surface area contributed by atoms with Crippen LogP contribution in [-0.2, 0) is 19.2 Å². The first kappa shape index (κ1) is 15.4. The molecular formula is C18H30O4. The molecule has 0 N–H and O–H groups in total. The van der Waals surface area contributed by atoms with Gasteiger partial charge in [0.15, 0.2) is 11.9 Å². The smallest absolute Gasteiger partial charge is 0.201 e. The van der Waals surface area contributed by atoms with E-state index >= 15 is 0 Å². The fourth-order valence-corrected chi connectivity index (χ4v) is 5.37. The van der Waals surface area contributed by atoms with Crippen LogP contribution in [0, 0.1) is 17.8 Å². The molecule has 4 saturated heterocycles. The highest BCUT2D eigenvalue weighted by Gasteiger charge is 2.67. The van der Waals surface area contributed by atoms with E-state index in [4.69, 9.17) is 19.2 Å². The first-order valence-electron chi connectivity index (χ1n) is 9.29. The van der Waals surface area contributed by atoms with Crippen molar-refractivity contribution in [1.29, 1.82) is 0 Å². The van der Waals surface area contributed by atoms with Crippen molar-refractivity contribution >= 4 is 0 Å². The molecule has 0 amide bonds. The van der Waals surface area contributed by atoms with E-state index in [2.05, 4.69) is 13.8 Å². The predicted octanol–water partition coefficient (Wildman–Crippen LogP) is 4.18. The van der Waals surface area contributed by atoms with Crippen molar-refractivity contribution in [3.05, 3.63) is 0 Å². The van der Waals surface area contributed by atoms with Gasteiger partial charge in [-0.1, -0.05) is 33.1 Å². The van der Waals surface area contributed by atoms with Gasteiger partial charge in [0.1, 0.15) is 0 Å². The summed E-state index contributed by atoms with van der Waals surface area (Å²) in [7, 11) is 0. The Labute approximate surface area is 133 Å². The third kappa shape index (κ3) is 2.10. The molecule has 7 unspecified atom stereocenters. The summed E-state index contributed by atoms with van der Waals surface area (Å²) in [5.74, 6) is 0.887. The summed E-state index contributed by atoms with van der Waals surface area (Å²) < 4.78 is 12.8. The van der Waals surface area contributed by atoms with Crippen molar-refractivity contribution in [3.8, 4) is 0 Å². The van der Waals surface area contributed by atoms with Crippen LogP contribution in [0.4, 0.5) is 0 Å². The van der Waals surface area contributed by atoms with E-state index in [0.29, 0.717) is 23.9 Å². The van der Waals surface area contributed by atoms with Gasteiger partial charge in [-0.25, -0.2) is 9.78 Å². The molecule has 7 atom stereocenters. The molecule has 0 radical (unpaired) electrons. The average Bonchev–Trinajstić information content (AvgIpc) is 2.74. The van der Waals surface area contributed by atoms with Crippen LogP contribution in [0.2, 0.25) is 0 Å². The largest absolute Gasteiger partial charge is 0.346 e. The van der Waals surface area contributed by atoms with Crippen molar-refractivity contribution in [2.45, 2.75) is 95.9 Å². The van der Waals surface area contributed by atoms with Crippen LogP contribution in [-0.4, -0.2) is 23.8 Å². The highest BCUT2D eigenvalue weighted by atomic mass is 17.3. The van der Waals surface area contributed by atoms with Gasteiger partial charge >= 0.3 is 0 Å². The number of rotatable bonds is 3. The van der Waals surface area contributed by atoms with E-state index in [0.717, 1.165) is 19.3 Å². The Hall–Kier alpha value is -0.160. The fourth-order valence-electron chi connectivity index (χ4n) is 5.37. The summed E-state index contributed by atoms with van der Waals surface area (Å²) in [5, 5.41) is 0. The lowest BCUT2D eigenvalue weighted by Gasteiger charge is -2.59. The van der Waals surface area contributed by atoms with Crippen LogP contribution >= 0.6 is 0 Å². The lowest BCUT2D eigenvalue weighted by atomic mass is 9.60. The van der Waals surface area contributed by atoms with Crippen molar-refractivity contribution in [1.82, 2.24) is 0 Å². The van der Waals surface area contributed by atoms with Crippen LogP contribution in [0.1, 0.15) is 72.1 Å². The maximum absolute atomic E-state index is 6.48. The first-order valence-corrected chi connectivity index (χ1v) is 9.29. The number of unbranched alkanes of at least 4 members (excludes halogenated alkanes) is 1. The second-order valence-corrected chi connectivity index (χ2v) is 8.05. The van der Waals surface area contributed by atoms with Crippen LogP contribution < -0.4 is 0 Å². The van der Waals surface area contributed by atoms with Gasteiger partial charge in [-0.05, 0) is 44.4 Å². The Morgan fingerprint density at radius 2 is 2.00 bits per heavy atom. The highest BCUT2D eigenvalue weighted by molar-refractivity contribution is 5.08. The van der Waals surface area contributed by atoms with Gasteiger partial charge in [-0.2, -0.15) is 0 Å². The second kappa shape index (κ2) is 5.44. The van der Waals surface area contributed by atoms with E-state index < -0.39 is 5.79 Å². The molecule has 4 aliphatic heterocycles. The summed E-state index contributed by atoms with van der Waals surface area (Å²) >= 11 is 0. The summed E-state index contributed by atoms with van der Waals surface area (Å²) in [6.07, 6.45) is 9.37. The predicted molar refractivity (Wildman–Crippen MR) is 81.8 cm³/mol. The lowest BCUT2D eigenvalue weighted by molar-refractivity contribution is -0.569. The minimum atomic E-state index is -0.631. The quantitative estimate of drug-likeness (QED) is 0.733. The molecule has 0 aromatic heterocycles. The molecular weight excluding hydrogens is 280 g/mol. The molecule has 126 valence electrons. The van der Waals surface area contributed by atoms with Crippen LogP contribution in [0.15, 0.2) is 0 Å². The summed E-state index contributed by atoms with van der Waals surface area (Å²) in [4.78, 5) is 11.9. The van der Waals surface area contributed by atoms with Crippen LogP contribution in [0.25, 0.3) is 0 Å². The van der Waals surface area contributed by atoms with Crippen LogP contribution in [0.5, 0.6) is 0 Å². The number of fused-ring (bicyclic) bond motifs is 2. The average molecular weight is 310 g/mol. The lowest BCUT2D eigenvalue weighted by Crippen LogP contribution is -2.69. The van der Waals surface area contributed by atoms with Gasteiger partial charge in [0.25, 0.3) is 0 Å². The van der Waals surface area contributed by atoms with Crippen molar-refractivity contribution in [2.24, 2.45) is 17.8 Å². The molecule has 22 heavy (non-hydrogen) atoms. The number of hydrogen-bond acceptors (Lipinski definition) is 4. The van der Waals surface area contributed by atoms with Crippen LogP contribution in [0.3, 0.4) is 0 Å². The number of ether oxygens (including phenoxy) is 2. The maximum Gasteiger partial charge on any atom is 0.201 e. The Morgan fingerprint density at radius 3 is 2.82 bits per heavy atom. The Balaban J connectivity index is 1.68. The maximum atomic E-state index is 6.48. The topological polar surface area (TPSA) is 36.9 Å². The third-order valence-electron chi connectivity index (χ3n) is 6.68. The van der Waals surface area contributed by atoms with Crippen molar-refractivity contribution in [2.75, 3.05) is 0 Å². The van der Waals surface area contributed by atoms with Gasteiger partial charge in [0, 0.05) is 12.3 Å². The summed E-state index contributed by atoms with van der Waals surface area (Å²) in [6.45, 7) is 6.59. The number of hydrogen-bond donors (Lipinski definition) is 0. The van der Waals surface area contributed by atoms with Gasteiger partial charge in [-0.15, -0.1) is 0 Å². The fraction of sp³-hybridized carbons (Fsp3) is 1.00. The first-order chi connectivity index (χ1) is 10.6. The van der Waals surface area contributed by atoms with Gasteiger partial charge in [0.05, 0.1) is 6.10 Å². The Morgan fingerprint density at radius 1 is 1.14 bits per heavy atom. The minimum absolute atomic E-state index is 0.248. The van der Waals surface area contributed by atoms with E-state index in [1.165, 1.54) is 32.1 Å². The van der Waals surface area contributed by atoms with E-state index in [1.54, 1.807) is 0 Å². The molecule has 0 aromatic carbocycles. The third-order valence-corrected chi connectivity index (χ3v) is 6.68. The molecule has 0 aromatic rings. The second-order valence-electron chi connectivity index (χ2n) is 8.05. The van der Waals surface area contributed by atoms with Crippen molar-refractivity contribution in [3.63, 3.8) is 0 Å². The molecule has 4 heteroatoms. The molecule has 1 saturated carbocycles. The van der Waals surface area contributed by atoms with E-state index in [9.17, 15) is 0 Å². The van der Waals surface area contributed by atoms with E-state index in [-0.39, 0.29) is 11.9 Å². The monoisotopic (exact) mass is 310 g/mol. The molecule has 1 spiro atoms. The standard InChI is InChI=1S/C18H30O4/c1-4-5-9-15-12(2)14-8-6-7-13-10-11-17(3)20-16(19-15)18(13,14)22-21-17/h12-16H,4-11H2,1-3H3. The Bertz CT molecular complexity index is 427. The molecule has 4 nitrogen and oxygen atoms in total. The van der Waals surface area contributed by atoms with Gasteiger partial charge in [-0.3, -0.25) is 0 Å². The molecule has 5 aliphatic rings. The minimum Gasteiger partial charge on any atom is -0.346 e. The van der Waals surface area contributed by atoms with Gasteiger partial charge in [0.2, 0.25) is 5.79 Å². The summed E-state index contributed by atoms with van der Waals surface area (Å²) in [5.41, 5.74) is -0.365. The highest BCUT2D eigenvalue weighted by Crippen LogP contribution is 2.59. The van der Waals surface area contributed by atoms with E-state index in [1.807, 2.05) is 6.92 Å². The molecule has 4 heterocycles. The normalized spacial score (nSPS) is 53.9. The zero-order chi connectivity index (χ0) is 15.4. The SMILES string of the molecule is CCCCC1OC2OC3(C)CCC4CCCC(C1C)C42OO3. The molecule has 1 aliphatic carbocycles. The molecule has 2 bridgehead atoms. The summed E-state index contributed by atoms with van der Waals surface area (Å²) in [6, 6.07) is 0. The van der Waals surface area contributed by atoms with Crippen molar-refractivity contribution < 1.29 is 19.2 Å². The zero-order valence-corrected chi connectivity index (χ0v) is 14.2.